The summed E-state index contributed by atoms with van der Waals surface area (Å²) in [4.78, 5) is 0.276. The molecule has 0 spiro atoms. The Kier molecular flexibility index (Phi) is 3.69. The molecule has 0 atom stereocenters. The smallest absolute Gasteiger partial charge is 0.356 e. The molecule has 0 radical (unpaired) electrons. The van der Waals surface area contributed by atoms with E-state index in [0.717, 1.165) is 19.3 Å². The van der Waals surface area contributed by atoms with Crippen LogP contribution in [0.25, 0.3) is 0 Å². The SMILES string of the molecule is FC(F)C(F)(F)C(=S)N1CCCCC1. The first kappa shape index (κ1) is 11.7. The highest BCUT2D eigenvalue weighted by atomic mass is 32.1. The molecule has 14 heavy (non-hydrogen) atoms. The molecular weight excluding hydrogens is 218 g/mol. The summed E-state index contributed by atoms with van der Waals surface area (Å²) in [5, 5.41) is 0. The van der Waals surface area contributed by atoms with Gasteiger partial charge in [0.05, 0.1) is 0 Å². The van der Waals surface area contributed by atoms with Crippen LogP contribution >= 0.6 is 12.2 Å². The molecule has 1 heterocycles. The topological polar surface area (TPSA) is 3.24 Å². The summed E-state index contributed by atoms with van der Waals surface area (Å²) < 4.78 is 49.5. The second-order valence-corrected chi connectivity index (χ2v) is 3.66. The normalized spacial score (nSPS) is 18.8. The fourth-order valence-corrected chi connectivity index (χ4v) is 1.67. The average Bonchev–Trinajstić information content (AvgIpc) is 2.17. The first-order valence-electron chi connectivity index (χ1n) is 4.41. The van der Waals surface area contributed by atoms with E-state index < -0.39 is 17.3 Å². The van der Waals surface area contributed by atoms with Crippen LogP contribution < -0.4 is 0 Å². The van der Waals surface area contributed by atoms with Gasteiger partial charge in [-0.25, -0.2) is 8.78 Å². The van der Waals surface area contributed by atoms with Crippen molar-refractivity contribution in [1.29, 1.82) is 0 Å². The third-order valence-corrected chi connectivity index (χ3v) is 2.73. The Morgan fingerprint density at radius 1 is 1.14 bits per heavy atom. The number of alkyl halides is 4. The maximum atomic E-state index is 12.8. The predicted octanol–water partition coefficient (Wildman–Crippen LogP) is 2.70. The fraction of sp³-hybridized carbons (Fsp3) is 0.875. The summed E-state index contributed by atoms with van der Waals surface area (Å²) in [6.45, 7) is 0.724. The highest BCUT2D eigenvalue weighted by Gasteiger charge is 2.47. The van der Waals surface area contributed by atoms with Crippen molar-refractivity contribution >= 4 is 17.2 Å². The molecule has 0 amide bonds. The van der Waals surface area contributed by atoms with Crippen LogP contribution in [0.3, 0.4) is 0 Å². The van der Waals surface area contributed by atoms with Crippen LogP contribution in [0.4, 0.5) is 17.6 Å². The summed E-state index contributed by atoms with van der Waals surface area (Å²) in [7, 11) is 0. The largest absolute Gasteiger partial charge is 0.361 e. The van der Waals surface area contributed by atoms with E-state index in [1.165, 1.54) is 4.90 Å². The molecule has 0 aromatic rings. The second kappa shape index (κ2) is 4.42. The van der Waals surface area contributed by atoms with Gasteiger partial charge in [-0.15, -0.1) is 0 Å². The first-order chi connectivity index (χ1) is 6.46. The van der Waals surface area contributed by atoms with Crippen molar-refractivity contribution in [2.75, 3.05) is 13.1 Å². The minimum atomic E-state index is -4.16. The Morgan fingerprint density at radius 3 is 2.07 bits per heavy atom. The predicted molar refractivity (Wildman–Crippen MR) is 49.0 cm³/mol. The highest BCUT2D eigenvalue weighted by molar-refractivity contribution is 7.80. The maximum Gasteiger partial charge on any atom is 0.356 e. The molecule has 82 valence electrons. The molecule has 1 nitrogen and oxygen atoms in total. The Balaban J connectivity index is 2.63. The van der Waals surface area contributed by atoms with E-state index >= 15 is 0 Å². The van der Waals surface area contributed by atoms with Crippen LogP contribution in [-0.2, 0) is 0 Å². The zero-order valence-corrected chi connectivity index (χ0v) is 8.30. The second-order valence-electron chi connectivity index (χ2n) is 3.28. The number of hydrogen-bond acceptors (Lipinski definition) is 1. The van der Waals surface area contributed by atoms with Crippen molar-refractivity contribution in [3.63, 3.8) is 0 Å². The van der Waals surface area contributed by atoms with E-state index in [-0.39, 0.29) is 0 Å². The first-order valence-corrected chi connectivity index (χ1v) is 4.82. The standard InChI is InChI=1S/C8H11F4NS/c9-6(10)8(11,12)7(14)13-4-2-1-3-5-13/h6H,1-5H2. The van der Waals surface area contributed by atoms with Crippen molar-refractivity contribution in [3.8, 4) is 0 Å². The molecule has 6 heteroatoms. The summed E-state index contributed by atoms with van der Waals surface area (Å²) >= 11 is 4.38. The fourth-order valence-electron chi connectivity index (χ4n) is 1.40. The van der Waals surface area contributed by atoms with E-state index in [1.807, 2.05) is 0 Å². The van der Waals surface area contributed by atoms with Gasteiger partial charge in [-0.05, 0) is 19.3 Å². The number of nitrogens with zero attached hydrogens (tertiary/aromatic N) is 1. The molecule has 0 aromatic carbocycles. The van der Waals surface area contributed by atoms with Crippen LogP contribution in [0.15, 0.2) is 0 Å². The van der Waals surface area contributed by atoms with Gasteiger partial charge in [0.1, 0.15) is 0 Å². The Hall–Kier alpha value is -0.390. The molecule has 0 aliphatic carbocycles. The third-order valence-electron chi connectivity index (χ3n) is 2.20. The summed E-state index contributed by atoms with van der Waals surface area (Å²) in [6.07, 6.45) is -1.30. The van der Waals surface area contributed by atoms with E-state index in [9.17, 15) is 17.6 Å². The minimum absolute atomic E-state index is 0.362. The quantitative estimate of drug-likeness (QED) is 0.529. The van der Waals surface area contributed by atoms with Crippen molar-refractivity contribution < 1.29 is 17.6 Å². The van der Waals surface area contributed by atoms with Crippen LogP contribution in [0, 0.1) is 0 Å². The average molecular weight is 229 g/mol. The van der Waals surface area contributed by atoms with Gasteiger partial charge < -0.3 is 4.90 Å². The third kappa shape index (κ3) is 2.34. The van der Waals surface area contributed by atoms with E-state index in [1.54, 1.807) is 0 Å². The lowest BCUT2D eigenvalue weighted by atomic mass is 10.1. The van der Waals surface area contributed by atoms with Crippen LogP contribution in [0.1, 0.15) is 19.3 Å². The van der Waals surface area contributed by atoms with Crippen LogP contribution in [0.5, 0.6) is 0 Å². The molecule has 0 unspecified atom stereocenters. The minimum Gasteiger partial charge on any atom is -0.361 e. The summed E-state index contributed by atoms with van der Waals surface area (Å²) in [5.41, 5.74) is 0. The van der Waals surface area contributed by atoms with Crippen LogP contribution in [-0.4, -0.2) is 35.3 Å². The van der Waals surface area contributed by atoms with Gasteiger partial charge in [0.2, 0.25) is 0 Å². The molecule has 0 aromatic heterocycles. The molecular formula is C8H11F4NS. The summed E-state index contributed by atoms with van der Waals surface area (Å²) in [6, 6.07) is 0. The zero-order chi connectivity index (χ0) is 10.8. The van der Waals surface area contributed by atoms with Crippen molar-refractivity contribution in [1.82, 2.24) is 4.90 Å². The van der Waals surface area contributed by atoms with Crippen LogP contribution in [0.2, 0.25) is 0 Å². The molecule has 1 rings (SSSR count). The maximum absolute atomic E-state index is 12.8. The molecule has 1 aliphatic rings. The number of rotatable bonds is 2. The van der Waals surface area contributed by atoms with Crippen molar-refractivity contribution in [2.24, 2.45) is 0 Å². The molecule has 1 saturated heterocycles. The van der Waals surface area contributed by atoms with E-state index in [2.05, 4.69) is 12.2 Å². The lowest BCUT2D eigenvalue weighted by Crippen LogP contribution is -2.48. The van der Waals surface area contributed by atoms with Crippen molar-refractivity contribution in [2.45, 2.75) is 31.6 Å². The number of halogens is 4. The van der Waals surface area contributed by atoms with Gasteiger partial charge in [0, 0.05) is 13.1 Å². The Bertz CT molecular complexity index is 213. The molecule has 0 N–H and O–H groups in total. The van der Waals surface area contributed by atoms with Gasteiger partial charge >= 0.3 is 12.3 Å². The lowest BCUT2D eigenvalue weighted by Gasteiger charge is -2.32. The Morgan fingerprint density at radius 2 is 1.64 bits per heavy atom. The van der Waals surface area contributed by atoms with E-state index in [4.69, 9.17) is 0 Å². The molecule has 1 aliphatic heterocycles. The van der Waals surface area contributed by atoms with Crippen molar-refractivity contribution in [3.05, 3.63) is 0 Å². The van der Waals surface area contributed by atoms with Gasteiger partial charge in [-0.3, -0.25) is 0 Å². The van der Waals surface area contributed by atoms with Gasteiger partial charge in [0.15, 0.2) is 4.99 Å². The number of likely N-dealkylation sites (tertiary alicyclic amines) is 1. The van der Waals surface area contributed by atoms with E-state index in [0.29, 0.717) is 13.1 Å². The van der Waals surface area contributed by atoms with Gasteiger partial charge in [0.25, 0.3) is 0 Å². The monoisotopic (exact) mass is 229 g/mol. The lowest BCUT2D eigenvalue weighted by molar-refractivity contribution is -0.0803. The molecule has 0 bridgehead atoms. The summed E-state index contributed by atoms with van der Waals surface area (Å²) in [5.74, 6) is -4.16. The molecule has 1 fully saturated rings. The van der Waals surface area contributed by atoms with Gasteiger partial charge in [-0.2, -0.15) is 8.78 Å². The highest BCUT2D eigenvalue weighted by Crippen LogP contribution is 2.27. The number of hydrogen-bond donors (Lipinski definition) is 0. The zero-order valence-electron chi connectivity index (χ0n) is 7.48. The molecule has 0 saturated carbocycles. The number of thiocarbonyl (C=S) groups is 1. The van der Waals surface area contributed by atoms with Gasteiger partial charge in [-0.1, -0.05) is 12.2 Å². The number of piperidine rings is 1. The Labute approximate surface area is 85.1 Å².